The summed E-state index contributed by atoms with van der Waals surface area (Å²) >= 11 is 0. The van der Waals surface area contributed by atoms with E-state index in [1.165, 1.54) is 0 Å². The van der Waals surface area contributed by atoms with Gasteiger partial charge >= 0.3 is 6.03 Å². The first-order valence-electron chi connectivity index (χ1n) is 11.5. The lowest BCUT2D eigenvalue weighted by Crippen LogP contribution is -2.29. The molecule has 0 radical (unpaired) electrons. The van der Waals surface area contributed by atoms with Crippen LogP contribution < -0.4 is 21.1 Å². The molecule has 176 valence electrons. The summed E-state index contributed by atoms with van der Waals surface area (Å²) in [6.07, 6.45) is 3.52. The minimum absolute atomic E-state index is 0.236. The number of anilines is 2. The summed E-state index contributed by atoms with van der Waals surface area (Å²) in [4.78, 5) is 21.2. The standard InChI is InChI=1S/C27H26N6O2/c28-26-24-25(22-10-4-5-11-23(22)32-26)33(18-30-24)17-7-6-16-29-27(34)31-19-12-14-21(15-13-19)35-20-8-2-1-3-9-20/h1-5,8-15,18H,6-7,16-17H2,(H2,28,32)(H2,29,31,34). The number of nitrogen functional groups attached to an aromatic ring is 1. The number of ether oxygens (including phenoxy) is 1. The number of nitrogens with zero attached hydrogens (tertiary/aromatic N) is 3. The molecule has 0 fully saturated rings. The highest BCUT2D eigenvalue weighted by Gasteiger charge is 2.12. The highest BCUT2D eigenvalue weighted by Crippen LogP contribution is 2.27. The average molecular weight is 467 g/mol. The Labute approximate surface area is 202 Å². The van der Waals surface area contributed by atoms with Crippen molar-refractivity contribution in [2.45, 2.75) is 19.4 Å². The monoisotopic (exact) mass is 466 g/mol. The second-order valence-corrected chi connectivity index (χ2v) is 8.18. The van der Waals surface area contributed by atoms with E-state index in [9.17, 15) is 4.79 Å². The van der Waals surface area contributed by atoms with Crippen molar-refractivity contribution in [2.75, 3.05) is 17.6 Å². The predicted molar refractivity (Wildman–Crippen MR) is 139 cm³/mol. The van der Waals surface area contributed by atoms with E-state index < -0.39 is 0 Å². The van der Waals surface area contributed by atoms with Gasteiger partial charge in [0.25, 0.3) is 0 Å². The third-order valence-corrected chi connectivity index (χ3v) is 5.68. The van der Waals surface area contributed by atoms with Crippen molar-refractivity contribution in [1.29, 1.82) is 0 Å². The number of carbonyl (C=O) groups excluding carboxylic acids is 1. The number of hydrogen-bond acceptors (Lipinski definition) is 5. The molecule has 0 spiro atoms. The Bertz CT molecular complexity index is 1450. The number of carbonyl (C=O) groups is 1. The second-order valence-electron chi connectivity index (χ2n) is 8.18. The molecule has 5 rings (SSSR count). The molecule has 0 aliphatic heterocycles. The fourth-order valence-electron chi connectivity index (χ4n) is 3.99. The Balaban J connectivity index is 1.09. The molecule has 0 unspecified atom stereocenters. The maximum Gasteiger partial charge on any atom is 0.319 e. The zero-order valence-corrected chi connectivity index (χ0v) is 19.1. The van der Waals surface area contributed by atoms with Gasteiger partial charge < -0.3 is 25.7 Å². The van der Waals surface area contributed by atoms with Gasteiger partial charge in [-0.2, -0.15) is 0 Å². The number of unbranched alkanes of at least 4 members (excludes halogenated alkanes) is 1. The van der Waals surface area contributed by atoms with Crippen molar-refractivity contribution in [3.8, 4) is 11.5 Å². The minimum atomic E-state index is -0.236. The van der Waals surface area contributed by atoms with Crippen LogP contribution in [-0.2, 0) is 6.54 Å². The van der Waals surface area contributed by atoms with Gasteiger partial charge in [0.2, 0.25) is 0 Å². The average Bonchev–Trinajstić information content (AvgIpc) is 3.31. The molecule has 3 aromatic carbocycles. The van der Waals surface area contributed by atoms with Crippen molar-refractivity contribution in [3.63, 3.8) is 0 Å². The molecular weight excluding hydrogens is 440 g/mol. The molecule has 0 saturated heterocycles. The summed E-state index contributed by atoms with van der Waals surface area (Å²) in [5.41, 5.74) is 9.38. The van der Waals surface area contributed by atoms with Crippen molar-refractivity contribution in [1.82, 2.24) is 19.9 Å². The van der Waals surface area contributed by atoms with Crippen LogP contribution in [0.3, 0.4) is 0 Å². The van der Waals surface area contributed by atoms with Crippen molar-refractivity contribution >= 4 is 39.5 Å². The van der Waals surface area contributed by atoms with Crippen LogP contribution in [-0.4, -0.2) is 27.1 Å². The number of para-hydroxylation sites is 2. The number of hydrogen-bond donors (Lipinski definition) is 3. The van der Waals surface area contributed by atoms with Gasteiger partial charge in [0.15, 0.2) is 5.82 Å². The molecule has 0 saturated carbocycles. The Morgan fingerprint density at radius 1 is 0.914 bits per heavy atom. The van der Waals surface area contributed by atoms with Crippen LogP contribution in [0.4, 0.5) is 16.3 Å². The van der Waals surface area contributed by atoms with E-state index in [1.807, 2.05) is 78.9 Å². The summed E-state index contributed by atoms with van der Waals surface area (Å²) in [6, 6.07) is 24.5. The highest BCUT2D eigenvalue weighted by atomic mass is 16.5. The summed E-state index contributed by atoms with van der Waals surface area (Å²) < 4.78 is 7.88. The third kappa shape index (κ3) is 5.16. The number of nitrogens with one attached hydrogen (secondary N) is 2. The molecule has 4 N–H and O–H groups in total. The van der Waals surface area contributed by atoms with Gasteiger partial charge in [-0.15, -0.1) is 0 Å². The molecule has 0 aliphatic rings. The quantitative estimate of drug-likeness (QED) is 0.260. The number of rotatable bonds is 8. The topological polar surface area (TPSA) is 107 Å². The first-order valence-corrected chi connectivity index (χ1v) is 11.5. The van der Waals surface area contributed by atoms with Crippen molar-refractivity contribution < 1.29 is 9.53 Å². The number of aryl methyl sites for hydroxylation is 1. The van der Waals surface area contributed by atoms with E-state index >= 15 is 0 Å². The van der Waals surface area contributed by atoms with Gasteiger partial charge in [-0.05, 0) is 55.3 Å². The number of amides is 2. The Kier molecular flexibility index (Phi) is 6.43. The number of nitrogens with two attached hydrogens (primary N) is 1. The maximum absolute atomic E-state index is 12.2. The van der Waals surface area contributed by atoms with E-state index in [-0.39, 0.29) is 6.03 Å². The van der Waals surface area contributed by atoms with Crippen LogP contribution in [0.1, 0.15) is 12.8 Å². The van der Waals surface area contributed by atoms with Gasteiger partial charge in [-0.25, -0.2) is 14.8 Å². The lowest BCUT2D eigenvalue weighted by Gasteiger charge is -2.10. The summed E-state index contributed by atoms with van der Waals surface area (Å²) in [5, 5.41) is 6.79. The first kappa shape index (κ1) is 22.2. The van der Waals surface area contributed by atoms with Crippen LogP contribution >= 0.6 is 0 Å². The lowest BCUT2D eigenvalue weighted by atomic mass is 10.2. The van der Waals surface area contributed by atoms with E-state index in [4.69, 9.17) is 10.5 Å². The van der Waals surface area contributed by atoms with Gasteiger partial charge in [-0.1, -0.05) is 36.4 Å². The Hall–Kier alpha value is -4.59. The van der Waals surface area contributed by atoms with Crippen LogP contribution in [0.25, 0.3) is 21.9 Å². The summed E-state index contributed by atoms with van der Waals surface area (Å²) in [5.74, 6) is 1.91. The maximum atomic E-state index is 12.2. The Morgan fingerprint density at radius 3 is 2.49 bits per heavy atom. The molecule has 2 amide bonds. The third-order valence-electron chi connectivity index (χ3n) is 5.68. The molecule has 8 nitrogen and oxygen atoms in total. The first-order chi connectivity index (χ1) is 17.2. The fourth-order valence-corrected chi connectivity index (χ4v) is 3.99. The number of fused-ring (bicyclic) bond motifs is 3. The predicted octanol–water partition coefficient (Wildman–Crippen LogP) is 5.56. The molecule has 2 heterocycles. The molecule has 0 atom stereocenters. The minimum Gasteiger partial charge on any atom is -0.457 e. The van der Waals surface area contributed by atoms with Crippen molar-refractivity contribution in [3.05, 3.63) is 85.2 Å². The van der Waals surface area contributed by atoms with E-state index in [2.05, 4.69) is 25.2 Å². The van der Waals surface area contributed by atoms with E-state index in [1.54, 1.807) is 6.33 Å². The van der Waals surface area contributed by atoms with Gasteiger partial charge in [-0.3, -0.25) is 0 Å². The molecule has 35 heavy (non-hydrogen) atoms. The van der Waals surface area contributed by atoms with Gasteiger partial charge in [0.05, 0.1) is 17.4 Å². The lowest BCUT2D eigenvalue weighted by molar-refractivity contribution is 0.252. The van der Waals surface area contributed by atoms with Crippen LogP contribution in [0, 0.1) is 0 Å². The zero-order valence-electron chi connectivity index (χ0n) is 19.1. The number of urea groups is 1. The van der Waals surface area contributed by atoms with Gasteiger partial charge in [0, 0.05) is 24.2 Å². The smallest absolute Gasteiger partial charge is 0.319 e. The SMILES string of the molecule is Nc1nc2ccccc2c2c1ncn2CCCCNC(=O)Nc1ccc(Oc2ccccc2)cc1. The largest absolute Gasteiger partial charge is 0.457 e. The fraction of sp³-hybridized carbons (Fsp3) is 0.148. The Morgan fingerprint density at radius 2 is 1.66 bits per heavy atom. The normalized spacial score (nSPS) is 11.0. The molecular formula is C27H26N6O2. The zero-order chi connectivity index (χ0) is 24.0. The number of aromatic nitrogens is 3. The van der Waals surface area contributed by atoms with E-state index in [0.29, 0.717) is 23.8 Å². The molecule has 5 aromatic rings. The van der Waals surface area contributed by atoms with E-state index in [0.717, 1.165) is 47.1 Å². The van der Waals surface area contributed by atoms with Crippen LogP contribution in [0.2, 0.25) is 0 Å². The molecule has 2 aromatic heterocycles. The second kappa shape index (κ2) is 10.1. The molecule has 0 bridgehead atoms. The summed E-state index contributed by atoms with van der Waals surface area (Å²) in [6.45, 7) is 1.34. The van der Waals surface area contributed by atoms with Crippen LogP contribution in [0.15, 0.2) is 85.2 Å². The highest BCUT2D eigenvalue weighted by molar-refractivity contribution is 6.06. The number of pyridine rings is 1. The van der Waals surface area contributed by atoms with Gasteiger partial charge in [0.1, 0.15) is 17.0 Å². The molecule has 8 heteroatoms. The number of imidazole rings is 1. The summed E-state index contributed by atoms with van der Waals surface area (Å²) in [7, 11) is 0. The molecule has 0 aliphatic carbocycles. The number of benzene rings is 3. The van der Waals surface area contributed by atoms with Crippen LogP contribution in [0.5, 0.6) is 11.5 Å². The van der Waals surface area contributed by atoms with Crippen molar-refractivity contribution in [2.24, 2.45) is 0 Å².